The van der Waals surface area contributed by atoms with Crippen molar-refractivity contribution in [3.63, 3.8) is 0 Å². The van der Waals surface area contributed by atoms with Crippen molar-refractivity contribution >= 4 is 23.6 Å². The van der Waals surface area contributed by atoms with E-state index in [9.17, 15) is 9.59 Å². The Morgan fingerprint density at radius 3 is 2.82 bits per heavy atom. The summed E-state index contributed by atoms with van der Waals surface area (Å²) in [7, 11) is 1.79. The molecule has 1 fully saturated rings. The Morgan fingerprint density at radius 2 is 2.11 bits per heavy atom. The van der Waals surface area contributed by atoms with Gasteiger partial charge in [0.2, 0.25) is 0 Å². The van der Waals surface area contributed by atoms with E-state index in [1.165, 1.54) is 18.2 Å². The number of esters is 1. The Bertz CT molecular complexity index is 817. The van der Waals surface area contributed by atoms with E-state index in [0.717, 1.165) is 37.1 Å². The van der Waals surface area contributed by atoms with Gasteiger partial charge in [-0.05, 0) is 31.9 Å². The summed E-state index contributed by atoms with van der Waals surface area (Å²) in [4.78, 5) is 30.9. The minimum atomic E-state index is -0.544. The van der Waals surface area contributed by atoms with Crippen LogP contribution in [0, 0.1) is 6.92 Å². The van der Waals surface area contributed by atoms with E-state index in [0.29, 0.717) is 16.3 Å². The lowest BCUT2D eigenvalue weighted by Gasteiger charge is -2.31. The predicted octanol–water partition coefficient (Wildman–Crippen LogP) is 3.62. The molecule has 28 heavy (non-hydrogen) atoms. The zero-order chi connectivity index (χ0) is 19.9. The molecule has 0 bridgehead atoms. The molecular formula is C20H25N3O4S. The molecule has 2 aromatic rings. The molecule has 0 saturated heterocycles. The summed E-state index contributed by atoms with van der Waals surface area (Å²) in [5, 5.41) is 4.48. The second-order valence-electron chi connectivity index (χ2n) is 6.95. The first kappa shape index (κ1) is 20.4. The fourth-order valence-electron chi connectivity index (χ4n) is 3.27. The zero-order valence-corrected chi connectivity index (χ0v) is 17.0. The third-order valence-corrected chi connectivity index (χ3v) is 5.91. The van der Waals surface area contributed by atoms with Crippen LogP contribution in [-0.2, 0) is 15.3 Å². The summed E-state index contributed by atoms with van der Waals surface area (Å²) in [6, 6.07) is 5.42. The van der Waals surface area contributed by atoms with Gasteiger partial charge in [0.15, 0.2) is 6.61 Å². The van der Waals surface area contributed by atoms with Gasteiger partial charge in [-0.2, -0.15) is 0 Å². The number of carbonyl (C=O) groups is 2. The molecular weight excluding hydrogens is 378 g/mol. The van der Waals surface area contributed by atoms with Crippen molar-refractivity contribution in [1.82, 2.24) is 15.0 Å². The number of carbonyl (C=O) groups excluding carboxylic acids is 2. The fourth-order valence-corrected chi connectivity index (χ4v) is 4.13. The van der Waals surface area contributed by atoms with Crippen molar-refractivity contribution in [3.8, 4) is 0 Å². The SMILES string of the molecule is Cc1cc(CSc2ncccc2C(=O)OCC(=O)N(C)C2CCCCC2)no1. The number of ether oxygens (including phenoxy) is 1. The average Bonchev–Trinajstić information content (AvgIpc) is 3.15. The molecule has 2 heterocycles. The van der Waals surface area contributed by atoms with Crippen LogP contribution in [0.1, 0.15) is 53.9 Å². The summed E-state index contributed by atoms with van der Waals surface area (Å²) in [5.74, 6) is 0.545. The zero-order valence-electron chi connectivity index (χ0n) is 16.2. The van der Waals surface area contributed by atoms with Gasteiger partial charge in [-0.15, -0.1) is 0 Å². The van der Waals surface area contributed by atoms with E-state index in [1.54, 1.807) is 30.3 Å². The first-order valence-electron chi connectivity index (χ1n) is 9.47. The van der Waals surface area contributed by atoms with E-state index in [-0.39, 0.29) is 18.6 Å². The Hall–Kier alpha value is -2.35. The van der Waals surface area contributed by atoms with E-state index in [1.807, 2.05) is 13.0 Å². The summed E-state index contributed by atoms with van der Waals surface area (Å²) in [5.41, 5.74) is 1.12. The molecule has 0 atom stereocenters. The number of aromatic nitrogens is 2. The monoisotopic (exact) mass is 403 g/mol. The standard InChI is InChI=1S/C20H25N3O4S/c1-14-11-15(22-27-14)13-28-19-17(9-6-10-21-19)20(25)26-12-18(24)23(2)16-7-4-3-5-8-16/h6,9-11,16H,3-5,7-8,12-13H2,1-2H3. The van der Waals surface area contributed by atoms with E-state index >= 15 is 0 Å². The first-order valence-corrected chi connectivity index (χ1v) is 10.5. The van der Waals surface area contributed by atoms with Crippen LogP contribution in [0.4, 0.5) is 0 Å². The van der Waals surface area contributed by atoms with Crippen LogP contribution >= 0.6 is 11.8 Å². The molecule has 0 N–H and O–H groups in total. The molecule has 2 aromatic heterocycles. The normalized spacial score (nSPS) is 14.6. The second kappa shape index (κ2) is 9.73. The van der Waals surface area contributed by atoms with Crippen molar-refractivity contribution < 1.29 is 18.8 Å². The largest absolute Gasteiger partial charge is 0.452 e. The van der Waals surface area contributed by atoms with Crippen LogP contribution in [0.2, 0.25) is 0 Å². The Balaban J connectivity index is 1.55. The molecule has 0 aliphatic heterocycles. The van der Waals surface area contributed by atoms with Gasteiger partial charge in [0, 0.05) is 31.1 Å². The molecule has 0 aromatic carbocycles. The Morgan fingerprint density at radius 1 is 1.32 bits per heavy atom. The van der Waals surface area contributed by atoms with Gasteiger partial charge < -0.3 is 14.2 Å². The second-order valence-corrected chi connectivity index (χ2v) is 7.91. The summed E-state index contributed by atoms with van der Waals surface area (Å²) in [6.45, 7) is 1.57. The number of aryl methyl sites for hydroxylation is 1. The molecule has 0 radical (unpaired) electrons. The quantitative estimate of drug-likeness (QED) is 0.515. The molecule has 1 saturated carbocycles. The van der Waals surface area contributed by atoms with E-state index < -0.39 is 5.97 Å². The number of thioether (sulfide) groups is 1. The third kappa shape index (κ3) is 5.34. The molecule has 0 spiro atoms. The van der Waals surface area contributed by atoms with Crippen molar-refractivity contribution in [2.75, 3.05) is 13.7 Å². The lowest BCUT2D eigenvalue weighted by Crippen LogP contribution is -2.40. The number of hydrogen-bond acceptors (Lipinski definition) is 7. The number of likely N-dealkylation sites (N-methyl/N-ethyl adjacent to an activating group) is 1. The summed E-state index contributed by atoms with van der Waals surface area (Å²) < 4.78 is 10.3. The van der Waals surface area contributed by atoms with Gasteiger partial charge in [0.1, 0.15) is 10.8 Å². The molecule has 8 heteroatoms. The molecule has 3 rings (SSSR count). The van der Waals surface area contributed by atoms with Crippen LogP contribution in [0.5, 0.6) is 0 Å². The van der Waals surface area contributed by atoms with Crippen LogP contribution in [0.15, 0.2) is 33.9 Å². The van der Waals surface area contributed by atoms with E-state index in [2.05, 4.69) is 10.1 Å². The van der Waals surface area contributed by atoms with Crippen molar-refractivity contribution in [2.45, 2.75) is 55.8 Å². The van der Waals surface area contributed by atoms with Crippen molar-refractivity contribution in [2.24, 2.45) is 0 Å². The van der Waals surface area contributed by atoms with Gasteiger partial charge in [0.25, 0.3) is 5.91 Å². The van der Waals surface area contributed by atoms with Gasteiger partial charge in [-0.3, -0.25) is 4.79 Å². The topological polar surface area (TPSA) is 85.5 Å². The molecule has 1 amide bonds. The van der Waals surface area contributed by atoms with Crippen LogP contribution in [-0.4, -0.2) is 46.6 Å². The first-order chi connectivity index (χ1) is 13.5. The predicted molar refractivity (Wildman–Crippen MR) is 105 cm³/mol. The Kier molecular flexibility index (Phi) is 7.08. The van der Waals surface area contributed by atoms with Gasteiger partial charge in [0.05, 0.1) is 11.3 Å². The maximum absolute atomic E-state index is 12.5. The number of hydrogen-bond donors (Lipinski definition) is 0. The highest BCUT2D eigenvalue weighted by Gasteiger charge is 2.23. The third-order valence-electron chi connectivity index (χ3n) is 4.87. The highest BCUT2D eigenvalue weighted by atomic mass is 32.2. The number of nitrogens with zero attached hydrogens (tertiary/aromatic N) is 3. The lowest BCUT2D eigenvalue weighted by atomic mass is 9.94. The molecule has 150 valence electrons. The van der Waals surface area contributed by atoms with Gasteiger partial charge in [-0.25, -0.2) is 9.78 Å². The smallest absolute Gasteiger partial charge is 0.341 e. The fraction of sp³-hybridized carbons (Fsp3) is 0.500. The van der Waals surface area contributed by atoms with Crippen LogP contribution < -0.4 is 0 Å². The van der Waals surface area contributed by atoms with Crippen molar-refractivity contribution in [3.05, 3.63) is 41.4 Å². The van der Waals surface area contributed by atoms with Gasteiger partial charge >= 0.3 is 5.97 Å². The minimum absolute atomic E-state index is 0.170. The molecule has 1 aliphatic carbocycles. The van der Waals surface area contributed by atoms with Gasteiger partial charge in [-0.1, -0.05) is 36.2 Å². The highest BCUT2D eigenvalue weighted by Crippen LogP contribution is 2.25. The average molecular weight is 404 g/mol. The maximum Gasteiger partial charge on any atom is 0.341 e. The lowest BCUT2D eigenvalue weighted by molar-refractivity contribution is -0.135. The van der Waals surface area contributed by atoms with Crippen molar-refractivity contribution in [1.29, 1.82) is 0 Å². The molecule has 1 aliphatic rings. The van der Waals surface area contributed by atoms with E-state index in [4.69, 9.17) is 9.26 Å². The summed E-state index contributed by atoms with van der Waals surface area (Å²) in [6.07, 6.45) is 7.16. The maximum atomic E-state index is 12.5. The number of pyridine rings is 1. The van der Waals surface area contributed by atoms with Crippen LogP contribution in [0.25, 0.3) is 0 Å². The molecule has 7 nitrogen and oxygen atoms in total. The number of amides is 1. The highest BCUT2D eigenvalue weighted by molar-refractivity contribution is 7.98. The Labute approximate surface area is 168 Å². The minimum Gasteiger partial charge on any atom is -0.452 e. The van der Waals surface area contributed by atoms with Crippen LogP contribution in [0.3, 0.4) is 0 Å². The molecule has 0 unspecified atom stereocenters. The number of rotatable bonds is 7. The summed E-state index contributed by atoms with van der Waals surface area (Å²) >= 11 is 1.38.